The van der Waals surface area contributed by atoms with Crippen LogP contribution in [0.5, 0.6) is 0 Å². The first kappa shape index (κ1) is 18.0. The summed E-state index contributed by atoms with van der Waals surface area (Å²) in [6.07, 6.45) is 5.28. The van der Waals surface area contributed by atoms with E-state index >= 15 is 0 Å². The molecule has 2 unspecified atom stereocenters. The minimum Gasteiger partial charge on any atom is -0.481 e. The zero-order chi connectivity index (χ0) is 16.7. The number of benzene rings is 1. The van der Waals surface area contributed by atoms with E-state index in [-0.39, 0.29) is 12.5 Å². The van der Waals surface area contributed by atoms with E-state index in [9.17, 15) is 4.79 Å². The number of carbonyl (C=O) groups is 1. The molecule has 1 fully saturated rings. The number of hydrogen-bond donors (Lipinski definition) is 1. The van der Waals surface area contributed by atoms with E-state index in [0.717, 1.165) is 32.1 Å². The molecule has 1 aromatic carbocycles. The second-order valence-electron chi connectivity index (χ2n) is 6.77. The van der Waals surface area contributed by atoms with Gasteiger partial charge in [-0.3, -0.25) is 4.79 Å². The molecule has 0 radical (unpaired) electrons. The second kappa shape index (κ2) is 8.46. The van der Waals surface area contributed by atoms with Crippen LogP contribution in [-0.2, 0) is 14.3 Å². The Kier molecular flexibility index (Phi) is 6.60. The van der Waals surface area contributed by atoms with Gasteiger partial charge in [-0.2, -0.15) is 0 Å². The minimum atomic E-state index is -0.703. The van der Waals surface area contributed by atoms with Gasteiger partial charge in [-0.05, 0) is 32.3 Å². The van der Waals surface area contributed by atoms with Crippen LogP contribution in [0.2, 0.25) is 0 Å². The number of unbranched alkanes of at least 4 members (excludes halogenated alkanes) is 3. The molecule has 23 heavy (non-hydrogen) atoms. The molecule has 4 heteroatoms. The van der Waals surface area contributed by atoms with Crippen molar-refractivity contribution in [2.24, 2.45) is 5.92 Å². The fourth-order valence-corrected chi connectivity index (χ4v) is 3.09. The van der Waals surface area contributed by atoms with E-state index in [1.165, 1.54) is 5.56 Å². The van der Waals surface area contributed by atoms with Crippen LogP contribution < -0.4 is 0 Å². The Balaban J connectivity index is 1.84. The van der Waals surface area contributed by atoms with Crippen molar-refractivity contribution in [1.29, 1.82) is 0 Å². The van der Waals surface area contributed by atoms with Gasteiger partial charge in [0, 0.05) is 12.3 Å². The molecule has 0 aliphatic carbocycles. The summed E-state index contributed by atoms with van der Waals surface area (Å²) < 4.78 is 12.0. The summed E-state index contributed by atoms with van der Waals surface area (Å²) in [6.45, 7) is 4.64. The Morgan fingerprint density at radius 2 is 1.87 bits per heavy atom. The summed E-state index contributed by atoms with van der Waals surface area (Å²) in [5.74, 6) is -0.895. The van der Waals surface area contributed by atoms with Crippen LogP contribution in [0.15, 0.2) is 30.3 Å². The molecule has 1 aromatic rings. The van der Waals surface area contributed by atoms with E-state index < -0.39 is 11.8 Å². The van der Waals surface area contributed by atoms with Gasteiger partial charge in [0.25, 0.3) is 0 Å². The molecule has 1 heterocycles. The lowest BCUT2D eigenvalue weighted by Crippen LogP contribution is -2.41. The van der Waals surface area contributed by atoms with Crippen molar-refractivity contribution in [2.45, 2.75) is 64.3 Å². The lowest BCUT2D eigenvalue weighted by Gasteiger charge is -2.41. The smallest absolute Gasteiger partial charge is 0.303 e. The summed E-state index contributed by atoms with van der Waals surface area (Å²) in [7, 11) is 0. The molecule has 2 rings (SSSR count). The van der Waals surface area contributed by atoms with Crippen molar-refractivity contribution in [3.63, 3.8) is 0 Å². The highest BCUT2D eigenvalue weighted by Crippen LogP contribution is 2.39. The fraction of sp³-hybridized carbons (Fsp3) is 0.632. The molecule has 0 spiro atoms. The fourth-order valence-electron chi connectivity index (χ4n) is 3.09. The topological polar surface area (TPSA) is 55.8 Å². The molecule has 0 aromatic heterocycles. The normalized spacial score (nSPS) is 23.6. The molecule has 2 atom stereocenters. The SMILES string of the molecule is CC1(C)OCC(CCCCCCC(=O)O)C(c2ccccc2)O1. The quantitative estimate of drug-likeness (QED) is 0.714. The van der Waals surface area contributed by atoms with Gasteiger partial charge in [-0.25, -0.2) is 0 Å². The molecule has 1 saturated heterocycles. The zero-order valence-corrected chi connectivity index (χ0v) is 14.2. The Hall–Kier alpha value is -1.39. The molecule has 1 N–H and O–H groups in total. The van der Waals surface area contributed by atoms with Gasteiger partial charge in [-0.1, -0.05) is 49.6 Å². The van der Waals surface area contributed by atoms with Crippen LogP contribution in [0.25, 0.3) is 0 Å². The highest BCUT2D eigenvalue weighted by atomic mass is 16.7. The average Bonchev–Trinajstić information content (AvgIpc) is 2.52. The Morgan fingerprint density at radius 3 is 2.57 bits per heavy atom. The maximum atomic E-state index is 10.5. The van der Waals surface area contributed by atoms with Gasteiger partial charge in [0.2, 0.25) is 0 Å². The van der Waals surface area contributed by atoms with E-state index in [1.807, 2.05) is 32.0 Å². The molecule has 0 amide bonds. The Morgan fingerprint density at radius 1 is 1.17 bits per heavy atom. The van der Waals surface area contributed by atoms with Gasteiger partial charge in [0.15, 0.2) is 5.79 Å². The third kappa shape index (κ3) is 5.96. The van der Waals surface area contributed by atoms with Crippen molar-refractivity contribution in [1.82, 2.24) is 0 Å². The molecule has 1 aliphatic heterocycles. The van der Waals surface area contributed by atoms with Gasteiger partial charge >= 0.3 is 5.97 Å². The molecule has 4 nitrogen and oxygen atoms in total. The third-order valence-corrected chi connectivity index (χ3v) is 4.33. The third-order valence-electron chi connectivity index (χ3n) is 4.33. The number of carboxylic acids is 1. The summed E-state index contributed by atoms with van der Waals surface area (Å²) in [6, 6.07) is 10.3. The maximum Gasteiger partial charge on any atom is 0.303 e. The number of hydrogen-bond acceptors (Lipinski definition) is 3. The molecule has 0 bridgehead atoms. The van der Waals surface area contributed by atoms with Crippen molar-refractivity contribution >= 4 is 5.97 Å². The number of ether oxygens (including phenoxy) is 2. The predicted molar refractivity (Wildman–Crippen MR) is 89.1 cm³/mol. The standard InChI is InChI=1S/C19H28O4/c1-19(2)22-14-16(12-6-3-4-9-13-17(20)21)18(23-19)15-10-7-5-8-11-15/h5,7-8,10-11,16,18H,3-4,6,9,12-14H2,1-2H3,(H,20,21). The molecule has 1 aliphatic rings. The van der Waals surface area contributed by atoms with Gasteiger partial charge in [-0.15, -0.1) is 0 Å². The molecule has 0 saturated carbocycles. The summed E-state index contributed by atoms with van der Waals surface area (Å²) in [5.41, 5.74) is 1.21. The monoisotopic (exact) mass is 320 g/mol. The Bertz CT molecular complexity index is 483. The number of rotatable bonds is 8. The largest absolute Gasteiger partial charge is 0.481 e. The summed E-state index contributed by atoms with van der Waals surface area (Å²) in [4.78, 5) is 10.5. The number of aliphatic carboxylic acids is 1. The van der Waals surface area contributed by atoms with Crippen molar-refractivity contribution in [2.75, 3.05) is 6.61 Å². The highest BCUT2D eigenvalue weighted by molar-refractivity contribution is 5.66. The summed E-state index contributed by atoms with van der Waals surface area (Å²) in [5, 5.41) is 8.65. The zero-order valence-electron chi connectivity index (χ0n) is 14.2. The van der Waals surface area contributed by atoms with E-state index in [1.54, 1.807) is 0 Å². The minimum absolute atomic E-state index is 0.0685. The lowest BCUT2D eigenvalue weighted by atomic mass is 9.89. The van der Waals surface area contributed by atoms with E-state index in [2.05, 4.69) is 12.1 Å². The lowest BCUT2D eigenvalue weighted by molar-refractivity contribution is -0.296. The van der Waals surface area contributed by atoms with Crippen LogP contribution in [0.1, 0.15) is 64.0 Å². The first-order chi connectivity index (χ1) is 11.0. The Labute approximate surface area is 138 Å². The van der Waals surface area contributed by atoms with Crippen LogP contribution in [0.3, 0.4) is 0 Å². The van der Waals surface area contributed by atoms with Crippen molar-refractivity contribution in [3.05, 3.63) is 35.9 Å². The molecular formula is C19H28O4. The van der Waals surface area contributed by atoms with Crippen molar-refractivity contribution < 1.29 is 19.4 Å². The second-order valence-corrected chi connectivity index (χ2v) is 6.77. The average molecular weight is 320 g/mol. The van der Waals surface area contributed by atoms with Gasteiger partial charge < -0.3 is 14.6 Å². The van der Waals surface area contributed by atoms with Gasteiger partial charge in [0.1, 0.15) is 0 Å². The van der Waals surface area contributed by atoms with Gasteiger partial charge in [0.05, 0.1) is 12.7 Å². The summed E-state index contributed by atoms with van der Waals surface area (Å²) >= 11 is 0. The molecule has 128 valence electrons. The van der Waals surface area contributed by atoms with Crippen molar-refractivity contribution in [3.8, 4) is 0 Å². The van der Waals surface area contributed by atoms with Crippen LogP contribution in [-0.4, -0.2) is 23.5 Å². The highest BCUT2D eigenvalue weighted by Gasteiger charge is 2.36. The molecular weight excluding hydrogens is 292 g/mol. The van der Waals surface area contributed by atoms with Crippen LogP contribution >= 0.6 is 0 Å². The van der Waals surface area contributed by atoms with E-state index in [0.29, 0.717) is 12.5 Å². The first-order valence-electron chi connectivity index (χ1n) is 8.56. The van der Waals surface area contributed by atoms with Crippen LogP contribution in [0, 0.1) is 5.92 Å². The number of carboxylic acid groups (broad SMARTS) is 1. The maximum absolute atomic E-state index is 10.5. The predicted octanol–water partition coefficient (Wildman–Crippen LogP) is 4.55. The van der Waals surface area contributed by atoms with E-state index in [4.69, 9.17) is 14.6 Å². The van der Waals surface area contributed by atoms with Crippen LogP contribution in [0.4, 0.5) is 0 Å². The first-order valence-corrected chi connectivity index (χ1v) is 8.56.